The SMILES string of the molecule is CC(C)(C)OC(=O)N1CCCC1c1ccc(O)cc1. The number of phenols is 1. The highest BCUT2D eigenvalue weighted by molar-refractivity contribution is 5.69. The molecule has 104 valence electrons. The van der Waals surface area contributed by atoms with E-state index < -0.39 is 5.60 Å². The summed E-state index contributed by atoms with van der Waals surface area (Å²) in [7, 11) is 0. The first-order valence-electron chi connectivity index (χ1n) is 6.65. The van der Waals surface area contributed by atoms with Crippen LogP contribution < -0.4 is 0 Å². The summed E-state index contributed by atoms with van der Waals surface area (Å²) in [5.74, 6) is 0.241. The van der Waals surface area contributed by atoms with Gasteiger partial charge in [-0.25, -0.2) is 4.79 Å². The summed E-state index contributed by atoms with van der Waals surface area (Å²) in [5, 5.41) is 9.32. The Hall–Kier alpha value is -1.71. The predicted molar refractivity (Wildman–Crippen MR) is 73.0 cm³/mol. The molecule has 1 atom stereocenters. The Kier molecular flexibility index (Phi) is 3.69. The van der Waals surface area contributed by atoms with Crippen LogP contribution >= 0.6 is 0 Å². The molecule has 4 nitrogen and oxygen atoms in total. The van der Waals surface area contributed by atoms with E-state index in [0.717, 1.165) is 24.9 Å². The lowest BCUT2D eigenvalue weighted by Crippen LogP contribution is -2.36. The Morgan fingerprint density at radius 1 is 1.32 bits per heavy atom. The van der Waals surface area contributed by atoms with Gasteiger partial charge in [0.05, 0.1) is 6.04 Å². The Morgan fingerprint density at radius 2 is 1.95 bits per heavy atom. The number of carbonyl (C=O) groups is 1. The van der Waals surface area contributed by atoms with E-state index in [1.54, 1.807) is 17.0 Å². The molecule has 1 saturated heterocycles. The number of carbonyl (C=O) groups excluding carboxylic acids is 1. The van der Waals surface area contributed by atoms with Crippen LogP contribution in [0.1, 0.15) is 45.2 Å². The first-order chi connectivity index (χ1) is 8.87. The predicted octanol–water partition coefficient (Wildman–Crippen LogP) is 3.46. The smallest absolute Gasteiger partial charge is 0.410 e. The number of amides is 1. The Bertz CT molecular complexity index is 447. The number of benzene rings is 1. The summed E-state index contributed by atoms with van der Waals surface area (Å²) in [5.41, 5.74) is 0.570. The van der Waals surface area contributed by atoms with Gasteiger partial charge in [-0.1, -0.05) is 12.1 Å². The molecule has 0 bridgehead atoms. The molecule has 4 heteroatoms. The molecule has 0 aromatic heterocycles. The van der Waals surface area contributed by atoms with Crippen LogP contribution in [-0.2, 0) is 4.74 Å². The maximum Gasteiger partial charge on any atom is 0.410 e. The summed E-state index contributed by atoms with van der Waals surface area (Å²) >= 11 is 0. The fourth-order valence-corrected chi connectivity index (χ4v) is 2.35. The first kappa shape index (κ1) is 13.7. The third-order valence-corrected chi connectivity index (χ3v) is 3.16. The van der Waals surface area contributed by atoms with Crippen molar-refractivity contribution in [2.24, 2.45) is 0 Å². The Balaban J connectivity index is 2.12. The van der Waals surface area contributed by atoms with E-state index in [1.807, 2.05) is 32.9 Å². The second-order valence-electron chi connectivity index (χ2n) is 5.92. The largest absolute Gasteiger partial charge is 0.508 e. The van der Waals surface area contributed by atoms with Crippen LogP contribution in [-0.4, -0.2) is 28.2 Å². The number of ether oxygens (including phenoxy) is 1. The van der Waals surface area contributed by atoms with Gasteiger partial charge in [-0.3, -0.25) is 0 Å². The topological polar surface area (TPSA) is 49.8 Å². The van der Waals surface area contributed by atoms with Crippen LogP contribution in [0.15, 0.2) is 24.3 Å². The number of hydrogen-bond acceptors (Lipinski definition) is 3. The van der Waals surface area contributed by atoms with Crippen molar-refractivity contribution in [3.63, 3.8) is 0 Å². The second-order valence-corrected chi connectivity index (χ2v) is 5.92. The first-order valence-corrected chi connectivity index (χ1v) is 6.65. The van der Waals surface area contributed by atoms with E-state index in [2.05, 4.69) is 0 Å². The summed E-state index contributed by atoms with van der Waals surface area (Å²) in [6.45, 7) is 6.34. The lowest BCUT2D eigenvalue weighted by atomic mass is 10.0. The molecule has 0 radical (unpaired) electrons. The number of aromatic hydroxyl groups is 1. The zero-order chi connectivity index (χ0) is 14.0. The van der Waals surface area contributed by atoms with Crippen LogP contribution in [0.5, 0.6) is 5.75 Å². The Labute approximate surface area is 114 Å². The molecule has 0 spiro atoms. The van der Waals surface area contributed by atoms with E-state index in [9.17, 15) is 9.90 Å². The summed E-state index contributed by atoms with van der Waals surface area (Å²) in [6.07, 6.45) is 1.65. The van der Waals surface area contributed by atoms with E-state index >= 15 is 0 Å². The van der Waals surface area contributed by atoms with Gasteiger partial charge in [-0.15, -0.1) is 0 Å². The average Bonchev–Trinajstić information content (AvgIpc) is 2.76. The van der Waals surface area contributed by atoms with Crippen molar-refractivity contribution in [2.45, 2.75) is 45.3 Å². The molecule has 1 aromatic carbocycles. The van der Waals surface area contributed by atoms with Gasteiger partial charge < -0.3 is 14.7 Å². The molecule has 1 aromatic rings. The quantitative estimate of drug-likeness (QED) is 0.844. The molecule has 0 saturated carbocycles. The minimum atomic E-state index is -0.473. The molecule has 1 fully saturated rings. The zero-order valence-corrected chi connectivity index (χ0v) is 11.7. The summed E-state index contributed by atoms with van der Waals surface area (Å²) in [4.78, 5) is 13.9. The molecule has 1 unspecified atom stereocenters. The van der Waals surface area contributed by atoms with Crippen LogP contribution in [0.2, 0.25) is 0 Å². The van der Waals surface area contributed by atoms with Crippen LogP contribution in [0.4, 0.5) is 4.79 Å². The number of hydrogen-bond donors (Lipinski definition) is 1. The monoisotopic (exact) mass is 263 g/mol. The number of nitrogens with zero attached hydrogens (tertiary/aromatic N) is 1. The van der Waals surface area contributed by atoms with Crippen molar-refractivity contribution in [2.75, 3.05) is 6.54 Å². The van der Waals surface area contributed by atoms with E-state index in [-0.39, 0.29) is 17.9 Å². The number of phenolic OH excluding ortho intramolecular Hbond substituents is 1. The highest BCUT2D eigenvalue weighted by Gasteiger charge is 2.32. The lowest BCUT2D eigenvalue weighted by Gasteiger charge is -2.28. The standard InChI is InChI=1S/C15H21NO3/c1-15(2,3)19-14(18)16-10-4-5-13(16)11-6-8-12(17)9-7-11/h6-9,13,17H,4-5,10H2,1-3H3. The third-order valence-electron chi connectivity index (χ3n) is 3.16. The minimum Gasteiger partial charge on any atom is -0.508 e. The van der Waals surface area contributed by atoms with Gasteiger partial charge in [0.1, 0.15) is 11.4 Å². The van der Waals surface area contributed by atoms with Crippen molar-refractivity contribution < 1.29 is 14.6 Å². The van der Waals surface area contributed by atoms with Gasteiger partial charge in [0.25, 0.3) is 0 Å². The highest BCUT2D eigenvalue weighted by atomic mass is 16.6. The summed E-state index contributed by atoms with van der Waals surface area (Å²) < 4.78 is 5.43. The molecule has 1 aliphatic rings. The average molecular weight is 263 g/mol. The molecular formula is C15H21NO3. The molecule has 1 amide bonds. The van der Waals surface area contributed by atoms with Crippen molar-refractivity contribution in [3.05, 3.63) is 29.8 Å². The van der Waals surface area contributed by atoms with Gasteiger partial charge in [0.2, 0.25) is 0 Å². The van der Waals surface area contributed by atoms with Gasteiger partial charge in [-0.05, 0) is 51.3 Å². The maximum absolute atomic E-state index is 12.2. The van der Waals surface area contributed by atoms with E-state index in [0.29, 0.717) is 0 Å². The molecule has 1 aliphatic heterocycles. The molecular weight excluding hydrogens is 242 g/mol. The Morgan fingerprint density at radius 3 is 2.53 bits per heavy atom. The van der Waals surface area contributed by atoms with Crippen molar-refractivity contribution in [1.29, 1.82) is 0 Å². The van der Waals surface area contributed by atoms with Gasteiger partial charge >= 0.3 is 6.09 Å². The second kappa shape index (κ2) is 5.11. The number of rotatable bonds is 1. The highest BCUT2D eigenvalue weighted by Crippen LogP contribution is 2.33. The van der Waals surface area contributed by atoms with Gasteiger partial charge in [-0.2, -0.15) is 0 Å². The zero-order valence-electron chi connectivity index (χ0n) is 11.7. The van der Waals surface area contributed by atoms with Gasteiger partial charge in [0, 0.05) is 6.54 Å². The molecule has 0 aliphatic carbocycles. The summed E-state index contributed by atoms with van der Waals surface area (Å²) in [6, 6.07) is 7.09. The van der Waals surface area contributed by atoms with Crippen molar-refractivity contribution in [1.82, 2.24) is 4.90 Å². The normalized spacial score (nSPS) is 19.5. The fourth-order valence-electron chi connectivity index (χ4n) is 2.35. The van der Waals surface area contributed by atoms with Crippen LogP contribution in [0.25, 0.3) is 0 Å². The molecule has 19 heavy (non-hydrogen) atoms. The fraction of sp³-hybridized carbons (Fsp3) is 0.533. The van der Waals surface area contributed by atoms with E-state index in [1.165, 1.54) is 0 Å². The minimum absolute atomic E-state index is 0.0513. The van der Waals surface area contributed by atoms with Crippen molar-refractivity contribution >= 4 is 6.09 Å². The maximum atomic E-state index is 12.2. The number of likely N-dealkylation sites (tertiary alicyclic amines) is 1. The molecule has 2 rings (SSSR count). The molecule has 1 heterocycles. The van der Waals surface area contributed by atoms with Crippen LogP contribution in [0.3, 0.4) is 0 Å². The molecule has 1 N–H and O–H groups in total. The van der Waals surface area contributed by atoms with Crippen molar-refractivity contribution in [3.8, 4) is 5.75 Å². The lowest BCUT2D eigenvalue weighted by molar-refractivity contribution is 0.0224. The third kappa shape index (κ3) is 3.40. The van der Waals surface area contributed by atoms with Crippen LogP contribution in [0, 0.1) is 0 Å². The van der Waals surface area contributed by atoms with E-state index in [4.69, 9.17) is 4.74 Å². The van der Waals surface area contributed by atoms with Gasteiger partial charge in [0.15, 0.2) is 0 Å².